The van der Waals surface area contributed by atoms with Gasteiger partial charge in [0.15, 0.2) is 12.7 Å². The predicted molar refractivity (Wildman–Crippen MR) is 105 cm³/mol. The van der Waals surface area contributed by atoms with Crippen molar-refractivity contribution in [1.29, 1.82) is 0 Å². The zero-order valence-electron chi connectivity index (χ0n) is 16.6. The number of nitrogens with zero attached hydrogens (tertiary/aromatic N) is 1. The summed E-state index contributed by atoms with van der Waals surface area (Å²) in [5, 5.41) is 13.4. The Labute approximate surface area is 167 Å². The van der Waals surface area contributed by atoms with Gasteiger partial charge in [0.25, 0.3) is 11.6 Å². The molecular weight excluding hydrogens is 380 g/mol. The minimum Gasteiger partial charge on any atom is -0.495 e. The Morgan fingerprint density at radius 1 is 1.17 bits per heavy atom. The highest BCUT2D eigenvalue weighted by Crippen LogP contribution is 2.29. The molecule has 1 unspecified atom stereocenters. The lowest BCUT2D eigenvalue weighted by Crippen LogP contribution is -2.31. The minimum atomic E-state index is -1.15. The molecule has 0 saturated heterocycles. The quantitative estimate of drug-likeness (QED) is 0.409. The molecule has 2 aromatic rings. The first kappa shape index (κ1) is 21.7. The van der Waals surface area contributed by atoms with Crippen LogP contribution in [-0.4, -0.2) is 36.6 Å². The van der Waals surface area contributed by atoms with Crippen molar-refractivity contribution in [3.63, 3.8) is 0 Å². The number of anilines is 1. The molecule has 9 nitrogen and oxygen atoms in total. The summed E-state index contributed by atoms with van der Waals surface area (Å²) < 4.78 is 15.7. The van der Waals surface area contributed by atoms with E-state index in [0.29, 0.717) is 5.75 Å². The summed E-state index contributed by atoms with van der Waals surface area (Å²) in [6.45, 7) is 4.74. The molecule has 0 aliphatic rings. The van der Waals surface area contributed by atoms with E-state index in [1.807, 2.05) is 32.0 Å². The third-order valence-electron chi connectivity index (χ3n) is 4.07. The van der Waals surface area contributed by atoms with Crippen LogP contribution in [0, 0.1) is 24.0 Å². The van der Waals surface area contributed by atoms with E-state index in [1.165, 1.54) is 26.2 Å². The number of nitro benzene ring substituents is 1. The Kier molecular flexibility index (Phi) is 7.13. The van der Waals surface area contributed by atoms with Gasteiger partial charge >= 0.3 is 5.97 Å². The van der Waals surface area contributed by atoms with Crippen LogP contribution in [0.15, 0.2) is 36.4 Å². The van der Waals surface area contributed by atoms with Gasteiger partial charge < -0.3 is 19.5 Å². The zero-order valence-corrected chi connectivity index (χ0v) is 16.6. The highest BCUT2D eigenvalue weighted by atomic mass is 16.6. The number of rotatable bonds is 8. The van der Waals surface area contributed by atoms with Crippen molar-refractivity contribution in [2.24, 2.45) is 0 Å². The molecule has 1 N–H and O–H groups in total. The number of non-ortho nitro benzene ring substituents is 1. The number of ether oxygens (including phenoxy) is 3. The Morgan fingerprint density at radius 2 is 1.83 bits per heavy atom. The van der Waals surface area contributed by atoms with E-state index in [9.17, 15) is 19.7 Å². The lowest BCUT2D eigenvalue weighted by molar-refractivity contribution is -0.384. The molecule has 0 spiro atoms. The number of para-hydroxylation sites is 1. The van der Waals surface area contributed by atoms with Crippen molar-refractivity contribution >= 4 is 23.3 Å². The van der Waals surface area contributed by atoms with Crippen LogP contribution in [0.5, 0.6) is 11.5 Å². The summed E-state index contributed by atoms with van der Waals surface area (Å²) in [6, 6.07) is 9.37. The number of nitro groups is 1. The second kappa shape index (κ2) is 9.54. The first-order chi connectivity index (χ1) is 13.7. The summed E-state index contributed by atoms with van der Waals surface area (Å²) >= 11 is 0. The third-order valence-corrected chi connectivity index (χ3v) is 4.07. The molecule has 0 bridgehead atoms. The van der Waals surface area contributed by atoms with Crippen molar-refractivity contribution in [2.75, 3.05) is 19.0 Å². The van der Waals surface area contributed by atoms with Crippen LogP contribution >= 0.6 is 0 Å². The normalized spacial score (nSPS) is 11.3. The summed E-state index contributed by atoms with van der Waals surface area (Å²) in [5.74, 6) is -0.561. The Bertz CT molecular complexity index is 907. The molecule has 0 fully saturated rings. The van der Waals surface area contributed by atoms with Gasteiger partial charge in [-0.25, -0.2) is 4.79 Å². The fourth-order valence-corrected chi connectivity index (χ4v) is 2.58. The summed E-state index contributed by atoms with van der Waals surface area (Å²) in [7, 11) is 1.37. The Hall–Kier alpha value is -3.62. The molecule has 1 atom stereocenters. The smallest absolute Gasteiger partial charge is 0.344 e. The van der Waals surface area contributed by atoms with Gasteiger partial charge in [0.1, 0.15) is 11.5 Å². The topological polar surface area (TPSA) is 117 Å². The van der Waals surface area contributed by atoms with Gasteiger partial charge in [-0.3, -0.25) is 14.9 Å². The maximum atomic E-state index is 12.3. The van der Waals surface area contributed by atoms with Crippen molar-refractivity contribution in [1.82, 2.24) is 0 Å². The molecule has 0 aromatic heterocycles. The second-order valence-corrected chi connectivity index (χ2v) is 6.27. The molecule has 1 amide bonds. The van der Waals surface area contributed by atoms with Crippen molar-refractivity contribution < 1.29 is 28.7 Å². The zero-order chi connectivity index (χ0) is 21.6. The van der Waals surface area contributed by atoms with Crippen LogP contribution in [0.3, 0.4) is 0 Å². The first-order valence-corrected chi connectivity index (χ1v) is 8.74. The average molecular weight is 402 g/mol. The van der Waals surface area contributed by atoms with E-state index in [0.717, 1.165) is 17.2 Å². The first-order valence-electron chi connectivity index (χ1n) is 8.74. The lowest BCUT2D eigenvalue weighted by Gasteiger charge is -2.16. The summed E-state index contributed by atoms with van der Waals surface area (Å²) in [6.07, 6.45) is -1.15. The van der Waals surface area contributed by atoms with E-state index in [-0.39, 0.29) is 23.7 Å². The number of amides is 1. The van der Waals surface area contributed by atoms with Crippen LogP contribution in [0.1, 0.15) is 18.1 Å². The van der Waals surface area contributed by atoms with Crippen LogP contribution in [0.2, 0.25) is 0 Å². The molecule has 0 heterocycles. The van der Waals surface area contributed by atoms with Crippen molar-refractivity contribution in [3.05, 3.63) is 57.6 Å². The monoisotopic (exact) mass is 402 g/mol. The van der Waals surface area contributed by atoms with Crippen molar-refractivity contribution in [2.45, 2.75) is 26.9 Å². The molecule has 0 radical (unpaired) electrons. The van der Waals surface area contributed by atoms with Gasteiger partial charge in [0.2, 0.25) is 0 Å². The maximum absolute atomic E-state index is 12.3. The van der Waals surface area contributed by atoms with E-state index in [2.05, 4.69) is 5.32 Å². The molecule has 2 rings (SSSR count). The largest absolute Gasteiger partial charge is 0.495 e. The average Bonchev–Trinajstić information content (AvgIpc) is 2.67. The van der Waals surface area contributed by atoms with Gasteiger partial charge in [0.05, 0.1) is 17.7 Å². The number of methoxy groups -OCH3 is 1. The minimum absolute atomic E-state index is 0.0985. The van der Waals surface area contributed by atoms with Crippen LogP contribution < -0.4 is 14.8 Å². The maximum Gasteiger partial charge on any atom is 0.344 e. The molecule has 0 saturated carbocycles. The number of benzene rings is 2. The van der Waals surface area contributed by atoms with E-state index < -0.39 is 22.9 Å². The van der Waals surface area contributed by atoms with Crippen molar-refractivity contribution in [3.8, 4) is 11.5 Å². The van der Waals surface area contributed by atoms with E-state index in [1.54, 1.807) is 0 Å². The number of hydrogen-bond donors (Lipinski definition) is 1. The summed E-state index contributed by atoms with van der Waals surface area (Å²) in [4.78, 5) is 34.7. The van der Waals surface area contributed by atoms with Gasteiger partial charge in [-0.2, -0.15) is 0 Å². The van der Waals surface area contributed by atoms with Gasteiger partial charge in [-0.1, -0.05) is 18.2 Å². The standard InChI is InChI=1S/C20H22N2O7/c1-12-6-5-7-13(2)19(12)28-11-18(23)29-14(3)20(24)21-16-10-15(22(25)26)8-9-17(16)27-4/h5-10,14H,11H2,1-4H3,(H,21,24). The number of hydrogen-bond acceptors (Lipinski definition) is 7. The third kappa shape index (κ3) is 5.68. The van der Waals surface area contributed by atoms with Gasteiger partial charge in [0, 0.05) is 12.1 Å². The molecule has 0 aliphatic carbocycles. The molecule has 154 valence electrons. The Balaban J connectivity index is 1.97. The second-order valence-electron chi connectivity index (χ2n) is 6.27. The molecule has 2 aromatic carbocycles. The Morgan fingerprint density at radius 3 is 2.41 bits per heavy atom. The molecular formula is C20H22N2O7. The predicted octanol–water partition coefficient (Wildman–Crippen LogP) is 3.17. The lowest BCUT2D eigenvalue weighted by atomic mass is 10.1. The highest BCUT2D eigenvalue weighted by molar-refractivity contribution is 5.96. The highest BCUT2D eigenvalue weighted by Gasteiger charge is 2.21. The molecule has 29 heavy (non-hydrogen) atoms. The van der Waals surface area contributed by atoms with E-state index in [4.69, 9.17) is 14.2 Å². The SMILES string of the molecule is COc1ccc([N+](=O)[O-])cc1NC(=O)C(C)OC(=O)COc1c(C)cccc1C. The number of carbonyl (C=O) groups excluding carboxylic acids is 2. The number of nitrogens with one attached hydrogen (secondary N) is 1. The van der Waals surface area contributed by atoms with Gasteiger partial charge in [-0.15, -0.1) is 0 Å². The van der Waals surface area contributed by atoms with E-state index >= 15 is 0 Å². The van der Waals surface area contributed by atoms with Crippen LogP contribution in [0.4, 0.5) is 11.4 Å². The molecule has 0 aliphatic heterocycles. The summed E-state index contributed by atoms with van der Waals surface area (Å²) in [5.41, 5.74) is 1.64. The number of carbonyl (C=O) groups is 2. The van der Waals surface area contributed by atoms with Gasteiger partial charge in [-0.05, 0) is 38.0 Å². The number of esters is 1. The fraction of sp³-hybridized carbons (Fsp3) is 0.300. The van der Waals surface area contributed by atoms with Crippen LogP contribution in [-0.2, 0) is 14.3 Å². The molecule has 9 heteroatoms. The fourth-order valence-electron chi connectivity index (χ4n) is 2.58. The number of aryl methyl sites for hydroxylation is 2. The van der Waals surface area contributed by atoms with Crippen LogP contribution in [0.25, 0.3) is 0 Å².